The Morgan fingerprint density at radius 2 is 2.18 bits per heavy atom. The summed E-state index contributed by atoms with van der Waals surface area (Å²) in [6.07, 6.45) is 1.71. The number of nitrogens with zero attached hydrogens (tertiary/aromatic N) is 3. The Hall–Kier alpha value is -2.37. The van der Waals surface area contributed by atoms with E-state index in [1.807, 2.05) is 18.2 Å². The molecule has 3 N–H and O–H groups in total. The Morgan fingerprint density at radius 3 is 2.88 bits per heavy atom. The van der Waals surface area contributed by atoms with Crippen molar-refractivity contribution in [2.45, 2.75) is 13.0 Å². The third kappa shape index (κ3) is 2.60. The van der Waals surface area contributed by atoms with E-state index < -0.39 is 5.97 Å². The third-order valence-corrected chi connectivity index (χ3v) is 2.33. The topological polar surface area (TPSA) is 94.0 Å². The summed E-state index contributed by atoms with van der Waals surface area (Å²) in [5, 5.41) is 16.4. The first-order chi connectivity index (χ1) is 8.16. The molecule has 1 aromatic heterocycles. The second kappa shape index (κ2) is 4.65. The van der Waals surface area contributed by atoms with Gasteiger partial charge in [0.15, 0.2) is 0 Å². The fraction of sp³-hybridized carbons (Fsp3) is 0.182. The fourth-order valence-corrected chi connectivity index (χ4v) is 1.47. The van der Waals surface area contributed by atoms with E-state index in [0.29, 0.717) is 17.9 Å². The largest absolute Gasteiger partial charge is 0.481 e. The van der Waals surface area contributed by atoms with Crippen molar-refractivity contribution >= 4 is 11.7 Å². The van der Waals surface area contributed by atoms with Crippen molar-refractivity contribution in [3.8, 4) is 11.3 Å². The third-order valence-electron chi connectivity index (χ3n) is 2.33. The van der Waals surface area contributed by atoms with Crippen LogP contribution in [0.25, 0.3) is 11.3 Å². The molecule has 88 valence electrons. The first-order valence-electron chi connectivity index (χ1n) is 5.13. The Kier molecular flexibility index (Phi) is 3.04. The average molecular weight is 232 g/mol. The number of benzene rings is 1. The van der Waals surface area contributed by atoms with Crippen LogP contribution in [0.5, 0.6) is 0 Å². The normalized spacial score (nSPS) is 10.4. The van der Waals surface area contributed by atoms with E-state index in [4.69, 9.17) is 10.8 Å². The molecule has 0 amide bonds. The zero-order chi connectivity index (χ0) is 12.3. The predicted octanol–water partition coefficient (Wildman–Crippen LogP) is 1.00. The molecule has 1 aromatic carbocycles. The highest BCUT2D eigenvalue weighted by atomic mass is 16.4. The molecule has 0 aliphatic heterocycles. The van der Waals surface area contributed by atoms with Gasteiger partial charge >= 0.3 is 5.97 Å². The molecular formula is C11H12N4O2. The van der Waals surface area contributed by atoms with Crippen molar-refractivity contribution < 1.29 is 9.90 Å². The minimum absolute atomic E-state index is 0.0209. The first-order valence-corrected chi connectivity index (χ1v) is 5.13. The Bertz CT molecular complexity index is 536. The molecule has 6 nitrogen and oxygen atoms in total. The van der Waals surface area contributed by atoms with Crippen LogP contribution >= 0.6 is 0 Å². The summed E-state index contributed by atoms with van der Waals surface area (Å²) in [5.74, 6) is -0.860. The standard InChI is InChI=1S/C11H12N4O2/c12-9-4-2-1-3-8(9)10-7-15(14-13-10)6-5-11(16)17/h1-4,7H,5-6,12H2,(H,16,17). The summed E-state index contributed by atoms with van der Waals surface area (Å²) in [6, 6.07) is 7.34. The van der Waals surface area contributed by atoms with Crippen molar-refractivity contribution in [2.75, 3.05) is 5.73 Å². The molecule has 0 saturated heterocycles. The SMILES string of the molecule is Nc1ccccc1-c1cn(CCC(=O)O)nn1. The lowest BCUT2D eigenvalue weighted by molar-refractivity contribution is -0.137. The zero-order valence-corrected chi connectivity index (χ0v) is 9.08. The van der Waals surface area contributed by atoms with E-state index in [0.717, 1.165) is 5.56 Å². The van der Waals surface area contributed by atoms with Gasteiger partial charge in [-0.2, -0.15) is 0 Å². The smallest absolute Gasteiger partial charge is 0.305 e. The van der Waals surface area contributed by atoms with Gasteiger partial charge in [-0.25, -0.2) is 0 Å². The fourth-order valence-electron chi connectivity index (χ4n) is 1.47. The number of carboxylic acids is 1. The van der Waals surface area contributed by atoms with Crippen LogP contribution in [-0.2, 0) is 11.3 Å². The van der Waals surface area contributed by atoms with Crippen LogP contribution < -0.4 is 5.73 Å². The van der Waals surface area contributed by atoms with Gasteiger partial charge in [0.25, 0.3) is 0 Å². The number of rotatable bonds is 4. The number of hydrogen-bond donors (Lipinski definition) is 2. The first kappa shape index (κ1) is 11.1. The number of para-hydroxylation sites is 1. The van der Waals surface area contributed by atoms with Crippen LogP contribution in [0.1, 0.15) is 6.42 Å². The number of carbonyl (C=O) groups is 1. The maximum atomic E-state index is 10.4. The van der Waals surface area contributed by atoms with Gasteiger partial charge in [-0.1, -0.05) is 23.4 Å². The molecule has 6 heteroatoms. The lowest BCUT2D eigenvalue weighted by atomic mass is 10.1. The number of aliphatic carboxylic acids is 1. The van der Waals surface area contributed by atoms with Gasteiger partial charge in [0.05, 0.1) is 19.2 Å². The highest BCUT2D eigenvalue weighted by molar-refractivity contribution is 5.72. The Morgan fingerprint density at radius 1 is 1.41 bits per heavy atom. The molecular weight excluding hydrogens is 220 g/mol. The van der Waals surface area contributed by atoms with E-state index in [-0.39, 0.29) is 6.42 Å². The average Bonchev–Trinajstić information content (AvgIpc) is 2.75. The van der Waals surface area contributed by atoms with Gasteiger partial charge < -0.3 is 10.8 Å². The summed E-state index contributed by atoms with van der Waals surface area (Å²) in [4.78, 5) is 10.4. The summed E-state index contributed by atoms with van der Waals surface area (Å²) in [5.41, 5.74) is 7.88. The second-order valence-corrected chi connectivity index (χ2v) is 3.60. The summed E-state index contributed by atoms with van der Waals surface area (Å²) < 4.78 is 1.50. The van der Waals surface area contributed by atoms with E-state index in [1.54, 1.807) is 12.3 Å². The second-order valence-electron chi connectivity index (χ2n) is 3.60. The molecule has 2 aromatic rings. The number of aryl methyl sites for hydroxylation is 1. The van der Waals surface area contributed by atoms with Crippen LogP contribution in [0.2, 0.25) is 0 Å². The summed E-state index contributed by atoms with van der Waals surface area (Å²) in [6.45, 7) is 0.301. The molecule has 0 saturated carbocycles. The monoisotopic (exact) mass is 232 g/mol. The highest BCUT2D eigenvalue weighted by Crippen LogP contribution is 2.22. The molecule has 0 fully saturated rings. The lowest BCUT2D eigenvalue weighted by Crippen LogP contribution is -2.04. The minimum Gasteiger partial charge on any atom is -0.481 e. The Labute approximate surface area is 97.7 Å². The molecule has 0 bridgehead atoms. The van der Waals surface area contributed by atoms with Crippen molar-refractivity contribution in [2.24, 2.45) is 0 Å². The number of carboxylic acid groups (broad SMARTS) is 1. The van der Waals surface area contributed by atoms with Crippen molar-refractivity contribution in [1.82, 2.24) is 15.0 Å². The van der Waals surface area contributed by atoms with Gasteiger partial charge in [0.1, 0.15) is 5.69 Å². The van der Waals surface area contributed by atoms with Crippen molar-refractivity contribution in [3.05, 3.63) is 30.5 Å². The quantitative estimate of drug-likeness (QED) is 0.767. The van der Waals surface area contributed by atoms with Crippen LogP contribution in [0.15, 0.2) is 30.5 Å². The lowest BCUT2D eigenvalue weighted by Gasteiger charge is -1.99. The van der Waals surface area contributed by atoms with Gasteiger partial charge in [0, 0.05) is 11.3 Å². The number of aromatic nitrogens is 3. The van der Waals surface area contributed by atoms with E-state index in [2.05, 4.69) is 10.3 Å². The summed E-state index contributed by atoms with van der Waals surface area (Å²) >= 11 is 0. The van der Waals surface area contributed by atoms with Crippen LogP contribution in [0.4, 0.5) is 5.69 Å². The number of hydrogen-bond acceptors (Lipinski definition) is 4. The molecule has 0 radical (unpaired) electrons. The predicted molar refractivity (Wildman–Crippen MR) is 62.1 cm³/mol. The minimum atomic E-state index is -0.860. The summed E-state index contributed by atoms with van der Waals surface area (Å²) in [7, 11) is 0. The van der Waals surface area contributed by atoms with Gasteiger partial charge in [-0.3, -0.25) is 9.48 Å². The number of nitrogen functional groups attached to an aromatic ring is 1. The molecule has 2 rings (SSSR count). The molecule has 1 heterocycles. The molecule has 0 aliphatic carbocycles. The van der Waals surface area contributed by atoms with Crippen LogP contribution in [-0.4, -0.2) is 26.1 Å². The molecule has 0 aliphatic rings. The van der Waals surface area contributed by atoms with Crippen molar-refractivity contribution in [1.29, 1.82) is 0 Å². The zero-order valence-electron chi connectivity index (χ0n) is 9.08. The molecule has 0 atom stereocenters. The Balaban J connectivity index is 2.18. The van der Waals surface area contributed by atoms with Crippen molar-refractivity contribution in [3.63, 3.8) is 0 Å². The van der Waals surface area contributed by atoms with Gasteiger partial charge in [-0.15, -0.1) is 5.10 Å². The van der Waals surface area contributed by atoms with Gasteiger partial charge in [0.2, 0.25) is 0 Å². The molecule has 0 unspecified atom stereocenters. The number of anilines is 1. The van der Waals surface area contributed by atoms with E-state index in [9.17, 15) is 4.79 Å². The number of nitrogens with two attached hydrogens (primary N) is 1. The maximum absolute atomic E-state index is 10.4. The highest BCUT2D eigenvalue weighted by Gasteiger charge is 2.07. The van der Waals surface area contributed by atoms with E-state index >= 15 is 0 Å². The van der Waals surface area contributed by atoms with Crippen LogP contribution in [0.3, 0.4) is 0 Å². The van der Waals surface area contributed by atoms with E-state index in [1.165, 1.54) is 4.68 Å². The maximum Gasteiger partial charge on any atom is 0.305 e. The molecule has 0 spiro atoms. The van der Waals surface area contributed by atoms with Gasteiger partial charge in [-0.05, 0) is 6.07 Å². The molecule has 17 heavy (non-hydrogen) atoms. The van der Waals surface area contributed by atoms with Crippen LogP contribution in [0, 0.1) is 0 Å².